The first kappa shape index (κ1) is 16.1. The molecule has 19 heavy (non-hydrogen) atoms. The lowest BCUT2D eigenvalue weighted by atomic mass is 10.0. The van der Waals surface area contributed by atoms with Gasteiger partial charge in [-0.15, -0.1) is 11.8 Å². The van der Waals surface area contributed by atoms with Crippen molar-refractivity contribution in [2.24, 2.45) is 0 Å². The molecule has 110 valence electrons. The third-order valence-corrected chi connectivity index (χ3v) is 4.83. The number of nitrogens with one attached hydrogen (secondary N) is 1. The van der Waals surface area contributed by atoms with Gasteiger partial charge in [0.25, 0.3) is 0 Å². The maximum absolute atomic E-state index is 12.4. The van der Waals surface area contributed by atoms with Gasteiger partial charge in [0, 0.05) is 11.3 Å². The molecule has 1 heterocycles. The number of urea groups is 1. The summed E-state index contributed by atoms with van der Waals surface area (Å²) < 4.78 is 0. The number of carboxylic acid groups (broad SMARTS) is 1. The summed E-state index contributed by atoms with van der Waals surface area (Å²) in [5.74, 6) is -0.449. The zero-order valence-electron chi connectivity index (χ0n) is 12.1. The monoisotopic (exact) mass is 288 g/mol. The Hall–Kier alpha value is -0.910. The van der Waals surface area contributed by atoms with Gasteiger partial charge in [-0.05, 0) is 26.7 Å². The van der Waals surface area contributed by atoms with Crippen LogP contribution in [0.5, 0.6) is 0 Å². The highest BCUT2D eigenvalue weighted by atomic mass is 32.2. The average Bonchev–Trinajstić information content (AvgIpc) is 2.73. The Morgan fingerprint density at radius 3 is 2.53 bits per heavy atom. The van der Waals surface area contributed by atoms with Crippen molar-refractivity contribution < 1.29 is 14.7 Å². The molecule has 1 saturated heterocycles. The van der Waals surface area contributed by atoms with Crippen molar-refractivity contribution in [3.63, 3.8) is 0 Å². The lowest BCUT2D eigenvalue weighted by Crippen LogP contribution is -2.55. The Kier molecular flexibility index (Phi) is 5.52. The van der Waals surface area contributed by atoms with Gasteiger partial charge in [0.05, 0.1) is 5.37 Å². The van der Waals surface area contributed by atoms with Crippen molar-refractivity contribution in [2.45, 2.75) is 63.9 Å². The quantitative estimate of drug-likeness (QED) is 0.815. The van der Waals surface area contributed by atoms with Gasteiger partial charge in [-0.25, -0.2) is 9.59 Å². The number of carbonyl (C=O) groups is 2. The van der Waals surface area contributed by atoms with Crippen LogP contribution in [0.15, 0.2) is 0 Å². The van der Waals surface area contributed by atoms with E-state index in [9.17, 15) is 14.7 Å². The van der Waals surface area contributed by atoms with E-state index in [4.69, 9.17) is 0 Å². The summed E-state index contributed by atoms with van der Waals surface area (Å²) >= 11 is 1.56. The van der Waals surface area contributed by atoms with Gasteiger partial charge in [0.15, 0.2) is 0 Å². The number of rotatable bonds is 5. The molecule has 0 aromatic carbocycles. The molecule has 2 unspecified atom stereocenters. The summed E-state index contributed by atoms with van der Waals surface area (Å²) in [6, 6.07) is -0.975. The molecule has 0 aliphatic carbocycles. The highest BCUT2D eigenvalue weighted by Crippen LogP contribution is 2.32. The van der Waals surface area contributed by atoms with Crippen LogP contribution < -0.4 is 5.32 Å². The highest BCUT2D eigenvalue weighted by molar-refractivity contribution is 8.00. The van der Waals surface area contributed by atoms with Gasteiger partial charge in [0.2, 0.25) is 0 Å². The van der Waals surface area contributed by atoms with Gasteiger partial charge < -0.3 is 10.4 Å². The minimum atomic E-state index is -0.921. The maximum atomic E-state index is 12.4. The molecule has 2 N–H and O–H groups in total. The first-order chi connectivity index (χ1) is 8.82. The standard InChI is InChI=1S/C13H24N2O3S/c1-5-7-10-15(9(8-19-10)11(16)17)12(18)14-13(3,4)6-2/h9-10H,5-8H2,1-4H3,(H,14,18)(H,16,17). The molecule has 0 radical (unpaired) electrons. The van der Waals surface area contributed by atoms with E-state index in [1.54, 1.807) is 11.8 Å². The predicted octanol–water partition coefficient (Wildman–Crippen LogP) is 2.51. The van der Waals surface area contributed by atoms with Gasteiger partial charge in [-0.2, -0.15) is 0 Å². The van der Waals surface area contributed by atoms with Crippen molar-refractivity contribution in [3.05, 3.63) is 0 Å². The zero-order chi connectivity index (χ0) is 14.6. The molecule has 5 nitrogen and oxygen atoms in total. The van der Waals surface area contributed by atoms with Crippen molar-refractivity contribution >= 4 is 23.8 Å². The average molecular weight is 288 g/mol. The molecule has 0 aromatic rings. The lowest BCUT2D eigenvalue weighted by molar-refractivity contribution is -0.141. The molecular weight excluding hydrogens is 264 g/mol. The minimum Gasteiger partial charge on any atom is -0.480 e. The summed E-state index contributed by atoms with van der Waals surface area (Å²) in [7, 11) is 0. The summed E-state index contributed by atoms with van der Waals surface area (Å²) in [6.45, 7) is 7.93. The normalized spacial score (nSPS) is 23.5. The second-order valence-corrected chi connectivity index (χ2v) is 6.72. The highest BCUT2D eigenvalue weighted by Gasteiger charge is 2.42. The van der Waals surface area contributed by atoms with E-state index in [0.29, 0.717) is 5.75 Å². The number of carboxylic acids is 1. The van der Waals surface area contributed by atoms with Crippen molar-refractivity contribution in [1.29, 1.82) is 0 Å². The van der Waals surface area contributed by atoms with Gasteiger partial charge >= 0.3 is 12.0 Å². The fourth-order valence-electron chi connectivity index (χ4n) is 1.94. The number of thioether (sulfide) groups is 1. The van der Waals surface area contributed by atoms with Crippen LogP contribution in [-0.4, -0.2) is 44.7 Å². The first-order valence-electron chi connectivity index (χ1n) is 6.77. The largest absolute Gasteiger partial charge is 0.480 e. The number of carbonyl (C=O) groups excluding carboxylic acids is 1. The minimum absolute atomic E-state index is 0.0289. The third kappa shape index (κ3) is 4.03. The zero-order valence-corrected chi connectivity index (χ0v) is 12.9. The molecule has 0 saturated carbocycles. The fourth-order valence-corrected chi connectivity index (χ4v) is 3.45. The Balaban J connectivity index is 2.83. The molecule has 2 amide bonds. The summed E-state index contributed by atoms with van der Waals surface area (Å²) in [5, 5.41) is 12.1. The summed E-state index contributed by atoms with van der Waals surface area (Å²) in [5.41, 5.74) is -0.315. The number of nitrogens with zero attached hydrogens (tertiary/aromatic N) is 1. The van der Waals surface area contributed by atoms with E-state index >= 15 is 0 Å². The number of hydrogen-bond donors (Lipinski definition) is 2. The molecular formula is C13H24N2O3S. The number of aliphatic carboxylic acids is 1. The van der Waals surface area contributed by atoms with Crippen LogP contribution in [0.3, 0.4) is 0 Å². The molecule has 1 aliphatic heterocycles. The van der Waals surface area contributed by atoms with Crippen LogP contribution in [0.1, 0.15) is 47.0 Å². The molecule has 0 aromatic heterocycles. The van der Waals surface area contributed by atoms with E-state index < -0.39 is 12.0 Å². The van der Waals surface area contributed by atoms with Gasteiger partial charge in [-0.3, -0.25) is 4.90 Å². The molecule has 6 heteroatoms. The molecule has 0 bridgehead atoms. The lowest BCUT2D eigenvalue weighted by Gasteiger charge is -2.32. The second-order valence-electron chi connectivity index (χ2n) is 5.51. The van der Waals surface area contributed by atoms with E-state index in [1.165, 1.54) is 4.90 Å². The summed E-state index contributed by atoms with van der Waals surface area (Å²) in [4.78, 5) is 25.1. The second kappa shape index (κ2) is 6.50. The molecule has 0 spiro atoms. The Labute approximate surface area is 119 Å². The van der Waals surface area contributed by atoms with Crippen LogP contribution in [0.4, 0.5) is 4.79 Å². The maximum Gasteiger partial charge on any atom is 0.327 e. The van der Waals surface area contributed by atoms with E-state index in [-0.39, 0.29) is 16.9 Å². The van der Waals surface area contributed by atoms with Crippen LogP contribution in [0, 0.1) is 0 Å². The summed E-state index contributed by atoms with van der Waals surface area (Å²) in [6.07, 6.45) is 2.56. The number of hydrogen-bond acceptors (Lipinski definition) is 3. The van der Waals surface area contributed by atoms with Crippen molar-refractivity contribution in [1.82, 2.24) is 10.2 Å². The third-order valence-electron chi connectivity index (χ3n) is 3.48. The van der Waals surface area contributed by atoms with E-state index in [0.717, 1.165) is 19.3 Å². The topological polar surface area (TPSA) is 69.6 Å². The Morgan fingerprint density at radius 1 is 1.42 bits per heavy atom. The van der Waals surface area contributed by atoms with Gasteiger partial charge in [0.1, 0.15) is 6.04 Å². The van der Waals surface area contributed by atoms with Crippen molar-refractivity contribution in [2.75, 3.05) is 5.75 Å². The molecule has 1 fully saturated rings. The molecule has 2 atom stereocenters. The van der Waals surface area contributed by atoms with Crippen LogP contribution >= 0.6 is 11.8 Å². The predicted molar refractivity (Wildman–Crippen MR) is 77.3 cm³/mol. The van der Waals surface area contributed by atoms with Crippen LogP contribution in [0.25, 0.3) is 0 Å². The van der Waals surface area contributed by atoms with Crippen molar-refractivity contribution in [3.8, 4) is 0 Å². The first-order valence-corrected chi connectivity index (χ1v) is 7.82. The Bertz CT molecular complexity index is 347. The van der Waals surface area contributed by atoms with Crippen LogP contribution in [-0.2, 0) is 4.79 Å². The molecule has 1 rings (SSSR count). The smallest absolute Gasteiger partial charge is 0.327 e. The van der Waals surface area contributed by atoms with E-state index in [1.807, 2.05) is 27.7 Å². The SMILES string of the molecule is CCCC1SCC(C(=O)O)N1C(=O)NC(C)(C)CC. The fraction of sp³-hybridized carbons (Fsp3) is 0.846. The van der Waals surface area contributed by atoms with Crippen LogP contribution in [0.2, 0.25) is 0 Å². The van der Waals surface area contributed by atoms with E-state index in [2.05, 4.69) is 5.32 Å². The number of amides is 2. The van der Waals surface area contributed by atoms with Gasteiger partial charge in [-0.1, -0.05) is 20.3 Å². The Morgan fingerprint density at radius 2 is 2.05 bits per heavy atom. The molecule has 1 aliphatic rings.